The summed E-state index contributed by atoms with van der Waals surface area (Å²) in [6.07, 6.45) is 0. The van der Waals surface area contributed by atoms with Gasteiger partial charge in [0.1, 0.15) is 0 Å². The maximum atomic E-state index is 5.18. The molecule has 5 heteroatoms. The van der Waals surface area contributed by atoms with Crippen LogP contribution in [0.3, 0.4) is 0 Å². The molecule has 8 aromatic carbocycles. The van der Waals surface area contributed by atoms with Crippen LogP contribution in [0.25, 0.3) is 104 Å². The van der Waals surface area contributed by atoms with Crippen molar-refractivity contribution in [3.05, 3.63) is 194 Å². The second-order valence-electron chi connectivity index (χ2n) is 14.0. The Labute approximate surface area is 327 Å². The van der Waals surface area contributed by atoms with Crippen LogP contribution in [0.15, 0.2) is 194 Å². The fraction of sp³-hybridized carbons (Fsp3) is 0. The van der Waals surface area contributed by atoms with E-state index >= 15 is 0 Å². The number of hydrogen-bond acceptors (Lipinski definition) is 4. The monoisotopic (exact) mass is 732 g/mol. The average molecular weight is 733 g/mol. The fourth-order valence-corrected chi connectivity index (χ4v) is 9.15. The van der Waals surface area contributed by atoms with Crippen molar-refractivity contribution in [2.24, 2.45) is 0 Å². The van der Waals surface area contributed by atoms with Crippen LogP contribution in [-0.2, 0) is 0 Å². The van der Waals surface area contributed by atoms with E-state index in [9.17, 15) is 0 Å². The number of fused-ring (bicyclic) bond motifs is 6. The van der Waals surface area contributed by atoms with Gasteiger partial charge in [-0.3, -0.25) is 0 Å². The lowest BCUT2D eigenvalue weighted by atomic mass is 9.94. The van der Waals surface area contributed by atoms with Crippen LogP contribution >= 0.6 is 11.3 Å². The largest absolute Gasteiger partial charge is 0.309 e. The smallest absolute Gasteiger partial charge is 0.164 e. The summed E-state index contributed by atoms with van der Waals surface area (Å²) in [5.74, 6) is 1.92. The van der Waals surface area contributed by atoms with Gasteiger partial charge in [-0.1, -0.05) is 152 Å². The Bertz CT molecular complexity index is 3170. The molecule has 56 heavy (non-hydrogen) atoms. The Kier molecular flexibility index (Phi) is 7.64. The zero-order chi connectivity index (χ0) is 37.0. The molecule has 0 bridgehead atoms. The topological polar surface area (TPSA) is 43.6 Å². The zero-order valence-electron chi connectivity index (χ0n) is 30.2. The first kappa shape index (κ1) is 32.2. The first-order valence-corrected chi connectivity index (χ1v) is 19.6. The van der Waals surface area contributed by atoms with Crippen LogP contribution in [0.5, 0.6) is 0 Å². The standard InChI is InChI=1S/C51H32N4S/c1-5-15-33(16-6-1)36-25-27-39(44(29-36)51-53-49(34-17-7-2-8-18-34)52-50(54-51)35-19-9-3-10-20-35)37-26-28-41-43-31-46-42(32-48(43)56-47(41)30-37)40-23-13-14-24-45(40)55(46)38-21-11-4-12-22-38/h1-32H. The molecule has 0 aliphatic carbocycles. The molecule has 0 atom stereocenters. The van der Waals surface area contributed by atoms with Crippen LogP contribution in [0.4, 0.5) is 0 Å². The summed E-state index contributed by atoms with van der Waals surface area (Å²) in [6, 6.07) is 68.6. The summed E-state index contributed by atoms with van der Waals surface area (Å²) in [4.78, 5) is 15.3. The first-order valence-electron chi connectivity index (χ1n) is 18.8. The van der Waals surface area contributed by atoms with E-state index in [1.807, 2.05) is 47.7 Å². The number of benzene rings is 8. The fourth-order valence-electron chi connectivity index (χ4n) is 7.98. The SMILES string of the molecule is c1ccc(-c2ccc(-c3ccc4c(c3)sc3cc5c6ccccc6n(-c6ccccc6)c5cc34)c(-c3nc(-c4ccccc4)nc(-c4ccccc4)n3)c2)cc1. The zero-order valence-corrected chi connectivity index (χ0v) is 31.0. The maximum absolute atomic E-state index is 5.18. The summed E-state index contributed by atoms with van der Waals surface area (Å²) < 4.78 is 4.91. The lowest BCUT2D eigenvalue weighted by molar-refractivity contribution is 1.07. The Morgan fingerprint density at radius 1 is 0.321 bits per heavy atom. The van der Waals surface area contributed by atoms with Gasteiger partial charge in [-0.15, -0.1) is 11.3 Å². The predicted octanol–water partition coefficient (Wildman–Crippen LogP) is 13.7. The summed E-state index contributed by atoms with van der Waals surface area (Å²) in [5.41, 5.74) is 10.9. The van der Waals surface area contributed by atoms with Crippen molar-refractivity contribution in [3.63, 3.8) is 0 Å². The molecule has 0 spiro atoms. The van der Waals surface area contributed by atoms with E-state index in [4.69, 9.17) is 15.0 Å². The van der Waals surface area contributed by atoms with Gasteiger partial charge in [0.05, 0.1) is 11.0 Å². The third-order valence-corrected chi connectivity index (χ3v) is 11.8. The average Bonchev–Trinajstić information content (AvgIpc) is 3.80. The van der Waals surface area contributed by atoms with Crippen molar-refractivity contribution in [1.82, 2.24) is 19.5 Å². The first-order chi connectivity index (χ1) is 27.7. The van der Waals surface area contributed by atoms with Crippen LogP contribution in [0.2, 0.25) is 0 Å². The van der Waals surface area contributed by atoms with Crippen molar-refractivity contribution in [2.45, 2.75) is 0 Å². The molecule has 0 radical (unpaired) electrons. The molecule has 3 aromatic heterocycles. The van der Waals surface area contributed by atoms with Crippen LogP contribution in [0, 0.1) is 0 Å². The maximum Gasteiger partial charge on any atom is 0.164 e. The molecule has 0 saturated heterocycles. The molecule has 11 rings (SSSR count). The number of hydrogen-bond donors (Lipinski definition) is 0. The third-order valence-electron chi connectivity index (χ3n) is 10.7. The molecule has 0 saturated carbocycles. The summed E-state index contributed by atoms with van der Waals surface area (Å²) >= 11 is 1.85. The molecular weight excluding hydrogens is 701 g/mol. The lowest BCUT2D eigenvalue weighted by Gasteiger charge is -2.14. The molecule has 11 aromatic rings. The predicted molar refractivity (Wildman–Crippen MR) is 234 cm³/mol. The molecule has 262 valence electrons. The molecule has 4 nitrogen and oxygen atoms in total. The third kappa shape index (κ3) is 5.48. The van der Waals surface area contributed by atoms with E-state index in [2.05, 4.69) is 162 Å². The normalized spacial score (nSPS) is 11.6. The number of rotatable bonds is 6. The highest BCUT2D eigenvalue weighted by molar-refractivity contribution is 7.26. The number of para-hydroxylation sites is 2. The van der Waals surface area contributed by atoms with E-state index in [0.29, 0.717) is 17.5 Å². The van der Waals surface area contributed by atoms with Gasteiger partial charge < -0.3 is 4.57 Å². The van der Waals surface area contributed by atoms with E-state index in [1.165, 1.54) is 42.0 Å². The highest BCUT2D eigenvalue weighted by Gasteiger charge is 2.19. The van der Waals surface area contributed by atoms with Gasteiger partial charge in [0.25, 0.3) is 0 Å². The van der Waals surface area contributed by atoms with Crippen molar-refractivity contribution >= 4 is 53.3 Å². The number of aromatic nitrogens is 4. The van der Waals surface area contributed by atoms with E-state index in [0.717, 1.165) is 44.6 Å². The quantitative estimate of drug-likeness (QED) is 0.171. The Morgan fingerprint density at radius 2 is 0.893 bits per heavy atom. The van der Waals surface area contributed by atoms with Gasteiger partial charge in [0.15, 0.2) is 17.5 Å². The van der Waals surface area contributed by atoms with E-state index in [1.54, 1.807) is 0 Å². The van der Waals surface area contributed by atoms with Gasteiger partial charge in [0, 0.05) is 53.3 Å². The minimum Gasteiger partial charge on any atom is -0.309 e. The van der Waals surface area contributed by atoms with Gasteiger partial charge in [-0.05, 0) is 64.7 Å². The minimum atomic E-state index is 0.637. The molecule has 0 unspecified atom stereocenters. The molecule has 3 heterocycles. The van der Waals surface area contributed by atoms with Crippen molar-refractivity contribution in [3.8, 4) is 62.1 Å². The highest BCUT2D eigenvalue weighted by Crippen LogP contribution is 2.43. The molecule has 0 aliphatic rings. The van der Waals surface area contributed by atoms with Gasteiger partial charge in [-0.2, -0.15) is 0 Å². The Hall–Kier alpha value is -7.21. The van der Waals surface area contributed by atoms with Gasteiger partial charge >= 0.3 is 0 Å². The lowest BCUT2D eigenvalue weighted by Crippen LogP contribution is -2.01. The summed E-state index contributed by atoms with van der Waals surface area (Å²) in [5, 5.41) is 5.04. The minimum absolute atomic E-state index is 0.637. The Morgan fingerprint density at radius 3 is 1.59 bits per heavy atom. The van der Waals surface area contributed by atoms with Gasteiger partial charge in [-0.25, -0.2) is 15.0 Å². The molecular formula is C51H32N4S. The van der Waals surface area contributed by atoms with E-state index in [-0.39, 0.29) is 0 Å². The van der Waals surface area contributed by atoms with Crippen LogP contribution < -0.4 is 0 Å². The van der Waals surface area contributed by atoms with Crippen molar-refractivity contribution in [2.75, 3.05) is 0 Å². The van der Waals surface area contributed by atoms with Crippen LogP contribution in [-0.4, -0.2) is 19.5 Å². The molecule has 0 amide bonds. The molecule has 0 N–H and O–H groups in total. The Balaban J connectivity index is 1.12. The van der Waals surface area contributed by atoms with Crippen molar-refractivity contribution < 1.29 is 0 Å². The number of nitrogens with zero attached hydrogens (tertiary/aromatic N) is 4. The molecule has 0 aliphatic heterocycles. The van der Waals surface area contributed by atoms with Crippen molar-refractivity contribution in [1.29, 1.82) is 0 Å². The molecule has 0 fully saturated rings. The van der Waals surface area contributed by atoms with Crippen LogP contribution in [0.1, 0.15) is 0 Å². The number of thiophene rings is 1. The summed E-state index contributed by atoms with van der Waals surface area (Å²) in [6.45, 7) is 0. The second kappa shape index (κ2) is 13.3. The highest BCUT2D eigenvalue weighted by atomic mass is 32.1. The second-order valence-corrected chi connectivity index (χ2v) is 15.1. The summed E-state index contributed by atoms with van der Waals surface area (Å²) in [7, 11) is 0. The van der Waals surface area contributed by atoms with Gasteiger partial charge in [0.2, 0.25) is 0 Å². The van der Waals surface area contributed by atoms with E-state index < -0.39 is 0 Å².